The molecule has 0 amide bonds. The molecule has 2 rings (SSSR count). The highest BCUT2D eigenvalue weighted by Gasteiger charge is 2.28. The fourth-order valence-electron chi connectivity index (χ4n) is 1.75. The minimum atomic E-state index is -0.950. The van der Waals surface area contributed by atoms with E-state index >= 15 is 0 Å². The maximum Gasteiger partial charge on any atom is 0.355 e. The second-order valence-corrected chi connectivity index (χ2v) is 5.29. The largest absolute Gasteiger partial charge is 0.476 e. The lowest BCUT2D eigenvalue weighted by molar-refractivity contribution is 0.0677. The molecule has 1 aromatic heterocycles. The molecule has 16 heavy (non-hydrogen) atoms. The number of aromatic carboxylic acids is 1. The Morgan fingerprint density at radius 1 is 1.62 bits per heavy atom. The second-order valence-electron chi connectivity index (χ2n) is 4.23. The number of hydrogen-bond donors (Lipinski definition) is 1. The third kappa shape index (κ3) is 2.10. The average Bonchev–Trinajstić information content (AvgIpc) is 2.86. The third-order valence-corrected chi connectivity index (χ3v) is 4.04. The highest BCUT2D eigenvalue weighted by molar-refractivity contribution is 7.12. The lowest BCUT2D eigenvalue weighted by Gasteiger charge is -2.06. The number of carbonyl (C=O) groups is 1. The van der Waals surface area contributed by atoms with Crippen LogP contribution in [0.25, 0.3) is 0 Å². The molecule has 1 aliphatic rings. The van der Waals surface area contributed by atoms with Crippen LogP contribution in [0, 0.1) is 0 Å². The normalized spacial score (nSPS) is 20.6. The monoisotopic (exact) mass is 241 g/mol. The molecule has 0 spiro atoms. The molecule has 1 saturated heterocycles. The first-order valence-electron chi connectivity index (χ1n) is 5.45. The Kier molecular flexibility index (Phi) is 3.25. The number of rotatable bonds is 3. The number of aromatic nitrogens is 1. The van der Waals surface area contributed by atoms with Gasteiger partial charge in [-0.25, -0.2) is 9.78 Å². The summed E-state index contributed by atoms with van der Waals surface area (Å²) in [5.41, 5.74) is 0.181. The Balaban J connectivity index is 2.37. The van der Waals surface area contributed by atoms with Crippen molar-refractivity contribution in [3.63, 3.8) is 0 Å². The van der Waals surface area contributed by atoms with E-state index in [9.17, 15) is 4.79 Å². The molecule has 1 aromatic rings. The average molecular weight is 241 g/mol. The van der Waals surface area contributed by atoms with Gasteiger partial charge in [-0.05, 0) is 12.8 Å². The van der Waals surface area contributed by atoms with Crippen molar-refractivity contribution in [3.8, 4) is 0 Å². The van der Waals surface area contributed by atoms with Crippen LogP contribution in [0.2, 0.25) is 0 Å². The molecule has 1 N–H and O–H groups in total. The molecule has 0 aliphatic carbocycles. The maximum absolute atomic E-state index is 11.1. The molecule has 0 bridgehead atoms. The molecule has 1 fully saturated rings. The van der Waals surface area contributed by atoms with Crippen molar-refractivity contribution in [2.75, 3.05) is 6.61 Å². The number of thiazole rings is 1. The van der Waals surface area contributed by atoms with E-state index in [0.717, 1.165) is 29.3 Å². The first-order chi connectivity index (χ1) is 7.59. The van der Waals surface area contributed by atoms with Crippen molar-refractivity contribution in [2.45, 2.75) is 38.7 Å². The standard InChI is InChI=1S/C11H15NO3S/c1-6(2)10-12-8(11(13)14)9(16-10)7-4-3-5-15-7/h6-7H,3-5H2,1-2H3,(H,13,14). The van der Waals surface area contributed by atoms with Gasteiger partial charge >= 0.3 is 5.97 Å². The smallest absolute Gasteiger partial charge is 0.355 e. The van der Waals surface area contributed by atoms with Gasteiger partial charge in [0.25, 0.3) is 0 Å². The molecule has 0 aromatic carbocycles. The van der Waals surface area contributed by atoms with E-state index in [4.69, 9.17) is 9.84 Å². The summed E-state index contributed by atoms with van der Waals surface area (Å²) in [5.74, 6) is -0.688. The van der Waals surface area contributed by atoms with E-state index in [1.54, 1.807) is 0 Å². The van der Waals surface area contributed by atoms with Gasteiger partial charge in [-0.3, -0.25) is 0 Å². The van der Waals surface area contributed by atoms with E-state index in [1.165, 1.54) is 11.3 Å². The van der Waals surface area contributed by atoms with Crippen molar-refractivity contribution in [1.82, 2.24) is 4.98 Å². The quantitative estimate of drug-likeness (QED) is 0.884. The number of nitrogens with zero attached hydrogens (tertiary/aromatic N) is 1. The number of hydrogen-bond acceptors (Lipinski definition) is 4. The van der Waals surface area contributed by atoms with Crippen LogP contribution < -0.4 is 0 Å². The molecule has 1 atom stereocenters. The van der Waals surface area contributed by atoms with E-state index in [-0.39, 0.29) is 17.7 Å². The van der Waals surface area contributed by atoms with E-state index in [2.05, 4.69) is 4.98 Å². The van der Waals surface area contributed by atoms with Gasteiger partial charge in [0.05, 0.1) is 16.0 Å². The first kappa shape index (κ1) is 11.5. The first-order valence-corrected chi connectivity index (χ1v) is 6.26. The fraction of sp³-hybridized carbons (Fsp3) is 0.636. The SMILES string of the molecule is CC(C)c1nc(C(=O)O)c(C2CCCO2)s1. The van der Waals surface area contributed by atoms with Crippen LogP contribution in [-0.2, 0) is 4.74 Å². The van der Waals surface area contributed by atoms with Gasteiger partial charge in [-0.2, -0.15) is 0 Å². The van der Waals surface area contributed by atoms with Crippen LogP contribution in [0.3, 0.4) is 0 Å². The zero-order valence-electron chi connectivity index (χ0n) is 9.40. The second kappa shape index (κ2) is 4.51. The molecular formula is C11H15NO3S. The van der Waals surface area contributed by atoms with Crippen LogP contribution in [-0.4, -0.2) is 22.7 Å². The van der Waals surface area contributed by atoms with Crippen LogP contribution >= 0.6 is 11.3 Å². The minimum absolute atomic E-state index is 0.0592. The molecule has 0 saturated carbocycles. The Morgan fingerprint density at radius 3 is 2.88 bits per heavy atom. The van der Waals surface area contributed by atoms with Crippen molar-refractivity contribution in [3.05, 3.63) is 15.6 Å². The zero-order valence-corrected chi connectivity index (χ0v) is 10.2. The Bertz CT molecular complexity index is 394. The molecular weight excluding hydrogens is 226 g/mol. The fourth-order valence-corrected chi connectivity index (χ4v) is 2.90. The van der Waals surface area contributed by atoms with Crippen LogP contribution in [0.15, 0.2) is 0 Å². The molecule has 4 nitrogen and oxygen atoms in total. The summed E-state index contributed by atoms with van der Waals surface area (Å²) >= 11 is 1.48. The van der Waals surface area contributed by atoms with Crippen molar-refractivity contribution in [1.29, 1.82) is 0 Å². The maximum atomic E-state index is 11.1. The summed E-state index contributed by atoms with van der Waals surface area (Å²) in [4.78, 5) is 16.1. The topological polar surface area (TPSA) is 59.4 Å². The molecule has 1 unspecified atom stereocenters. The summed E-state index contributed by atoms with van der Waals surface area (Å²) in [7, 11) is 0. The van der Waals surface area contributed by atoms with Crippen molar-refractivity contribution < 1.29 is 14.6 Å². The summed E-state index contributed by atoms with van der Waals surface area (Å²) in [6.45, 7) is 4.76. The van der Waals surface area contributed by atoms with E-state index in [0.29, 0.717) is 0 Å². The van der Waals surface area contributed by atoms with E-state index < -0.39 is 5.97 Å². The Labute approximate surface area is 98.3 Å². The van der Waals surface area contributed by atoms with Gasteiger partial charge in [-0.15, -0.1) is 11.3 Å². The minimum Gasteiger partial charge on any atom is -0.476 e. The van der Waals surface area contributed by atoms with Gasteiger partial charge in [0.2, 0.25) is 0 Å². The van der Waals surface area contributed by atoms with Crippen LogP contribution in [0.4, 0.5) is 0 Å². The number of carboxylic acid groups (broad SMARTS) is 1. The Morgan fingerprint density at radius 2 is 2.38 bits per heavy atom. The van der Waals surface area contributed by atoms with Gasteiger partial charge < -0.3 is 9.84 Å². The molecule has 88 valence electrons. The van der Waals surface area contributed by atoms with Gasteiger partial charge in [-0.1, -0.05) is 13.8 Å². The van der Waals surface area contributed by atoms with Crippen LogP contribution in [0.1, 0.15) is 59.1 Å². The van der Waals surface area contributed by atoms with Crippen LogP contribution in [0.5, 0.6) is 0 Å². The summed E-state index contributed by atoms with van der Waals surface area (Å²) in [5, 5.41) is 9.99. The van der Waals surface area contributed by atoms with Crippen molar-refractivity contribution >= 4 is 17.3 Å². The van der Waals surface area contributed by atoms with Gasteiger partial charge in [0.1, 0.15) is 0 Å². The van der Waals surface area contributed by atoms with Gasteiger partial charge in [0.15, 0.2) is 5.69 Å². The van der Waals surface area contributed by atoms with Gasteiger partial charge in [0, 0.05) is 12.5 Å². The molecule has 0 radical (unpaired) electrons. The summed E-state index contributed by atoms with van der Waals surface area (Å²) in [6, 6.07) is 0. The predicted octanol–water partition coefficient (Wildman–Crippen LogP) is 2.82. The molecule has 2 heterocycles. The molecule has 1 aliphatic heterocycles. The third-order valence-electron chi connectivity index (χ3n) is 2.59. The Hall–Kier alpha value is -0.940. The van der Waals surface area contributed by atoms with E-state index in [1.807, 2.05) is 13.8 Å². The lowest BCUT2D eigenvalue weighted by atomic mass is 10.2. The predicted molar refractivity (Wildman–Crippen MR) is 61.1 cm³/mol. The summed E-state index contributed by atoms with van der Waals surface area (Å²) in [6.07, 6.45) is 1.84. The number of carboxylic acids is 1. The molecule has 5 heteroatoms. The lowest BCUT2D eigenvalue weighted by Crippen LogP contribution is -2.04. The highest BCUT2D eigenvalue weighted by atomic mass is 32.1. The summed E-state index contributed by atoms with van der Waals surface area (Å²) < 4.78 is 5.53. The number of ether oxygens (including phenoxy) is 1. The highest BCUT2D eigenvalue weighted by Crippen LogP contribution is 2.36. The van der Waals surface area contributed by atoms with Crippen molar-refractivity contribution in [2.24, 2.45) is 0 Å². The zero-order chi connectivity index (χ0) is 11.7.